The van der Waals surface area contributed by atoms with E-state index in [1.54, 1.807) is 18.2 Å². The summed E-state index contributed by atoms with van der Waals surface area (Å²) in [6, 6.07) is 5.32. The van der Waals surface area contributed by atoms with Crippen LogP contribution in [0.3, 0.4) is 0 Å². The van der Waals surface area contributed by atoms with Crippen molar-refractivity contribution >= 4 is 17.3 Å². The van der Waals surface area contributed by atoms with Gasteiger partial charge < -0.3 is 16.2 Å². The highest BCUT2D eigenvalue weighted by molar-refractivity contribution is 5.97. The number of nitrogens with one attached hydrogen (secondary N) is 1. The van der Waals surface area contributed by atoms with Crippen LogP contribution in [0.2, 0.25) is 0 Å². The van der Waals surface area contributed by atoms with E-state index in [9.17, 15) is 9.90 Å². The zero-order chi connectivity index (χ0) is 14.0. The van der Waals surface area contributed by atoms with Crippen LogP contribution in [0.1, 0.15) is 43.5 Å². The molecular formula is C15H22N2O2. The van der Waals surface area contributed by atoms with Crippen molar-refractivity contribution < 1.29 is 9.90 Å². The molecule has 4 N–H and O–H groups in total. The summed E-state index contributed by atoms with van der Waals surface area (Å²) in [5.41, 5.74) is 7.25. The fraction of sp³-hybridized carbons (Fsp3) is 0.533. The molecule has 1 aromatic rings. The smallest absolute Gasteiger partial charge is 0.337 e. The number of aromatic carboxylic acids is 1. The average molecular weight is 262 g/mol. The molecule has 1 aromatic carbocycles. The highest BCUT2D eigenvalue weighted by Gasteiger charge is 2.25. The number of benzene rings is 1. The van der Waals surface area contributed by atoms with Crippen molar-refractivity contribution in [2.75, 3.05) is 11.1 Å². The molecule has 0 aliphatic heterocycles. The first kappa shape index (κ1) is 13.7. The second kappa shape index (κ2) is 5.51. The Kier molecular flexibility index (Phi) is 3.98. The monoisotopic (exact) mass is 262 g/mol. The summed E-state index contributed by atoms with van der Waals surface area (Å²) in [7, 11) is 0. The number of hydrogen-bond acceptors (Lipinski definition) is 3. The Hall–Kier alpha value is -1.71. The zero-order valence-corrected chi connectivity index (χ0v) is 11.5. The van der Waals surface area contributed by atoms with Gasteiger partial charge in [-0.2, -0.15) is 0 Å². The van der Waals surface area contributed by atoms with Crippen LogP contribution in [0.4, 0.5) is 11.4 Å². The standard InChI is InChI=1S/C15H22N2O2/c1-9-6-7-11(8-10(9)2)17-14-12(15(18)19)4-3-5-13(14)16/h3-5,9-11,17H,6-8,16H2,1-2H3,(H,18,19). The summed E-state index contributed by atoms with van der Waals surface area (Å²) in [6.07, 6.45) is 3.31. The summed E-state index contributed by atoms with van der Waals surface area (Å²) in [5.74, 6) is 0.460. The van der Waals surface area contributed by atoms with Crippen LogP contribution in [0, 0.1) is 11.8 Å². The first-order valence-corrected chi connectivity index (χ1v) is 6.87. The van der Waals surface area contributed by atoms with Crippen LogP contribution in [0.5, 0.6) is 0 Å². The minimum atomic E-state index is -0.938. The molecule has 1 aliphatic carbocycles. The van der Waals surface area contributed by atoms with Gasteiger partial charge in [-0.05, 0) is 43.2 Å². The van der Waals surface area contributed by atoms with Crippen LogP contribution in [-0.2, 0) is 0 Å². The molecule has 0 bridgehead atoms. The van der Waals surface area contributed by atoms with Gasteiger partial charge in [-0.15, -0.1) is 0 Å². The van der Waals surface area contributed by atoms with Gasteiger partial charge in [-0.3, -0.25) is 0 Å². The number of nitrogen functional groups attached to an aromatic ring is 1. The van der Waals surface area contributed by atoms with Crippen molar-refractivity contribution in [2.24, 2.45) is 11.8 Å². The predicted molar refractivity (Wildman–Crippen MR) is 77.4 cm³/mol. The lowest BCUT2D eigenvalue weighted by atomic mass is 9.79. The number of hydrogen-bond donors (Lipinski definition) is 3. The van der Waals surface area contributed by atoms with Crippen molar-refractivity contribution in [2.45, 2.75) is 39.2 Å². The second-order valence-corrected chi connectivity index (χ2v) is 5.68. The average Bonchev–Trinajstić information content (AvgIpc) is 2.36. The van der Waals surface area contributed by atoms with Crippen LogP contribution >= 0.6 is 0 Å². The quantitative estimate of drug-likeness (QED) is 0.731. The van der Waals surface area contributed by atoms with Gasteiger partial charge in [0.15, 0.2) is 0 Å². The molecule has 0 spiro atoms. The Labute approximate surface area is 114 Å². The highest BCUT2D eigenvalue weighted by Crippen LogP contribution is 2.33. The van der Waals surface area contributed by atoms with Gasteiger partial charge in [0, 0.05) is 6.04 Å². The number of rotatable bonds is 3. The normalized spacial score (nSPS) is 26.9. The van der Waals surface area contributed by atoms with Crippen molar-refractivity contribution in [1.82, 2.24) is 0 Å². The third kappa shape index (κ3) is 3.00. The maximum absolute atomic E-state index is 11.2. The minimum absolute atomic E-state index is 0.256. The first-order valence-electron chi connectivity index (χ1n) is 6.87. The SMILES string of the molecule is CC1CCC(Nc2c(N)cccc2C(=O)O)CC1C. The van der Waals surface area contributed by atoms with Gasteiger partial charge in [-0.25, -0.2) is 4.79 Å². The molecule has 0 saturated heterocycles. The Bertz CT molecular complexity index is 473. The summed E-state index contributed by atoms with van der Waals surface area (Å²) in [4.78, 5) is 11.2. The number of para-hydroxylation sites is 1. The van der Waals surface area contributed by atoms with Gasteiger partial charge in [0.1, 0.15) is 0 Å². The van der Waals surface area contributed by atoms with Gasteiger partial charge >= 0.3 is 5.97 Å². The van der Waals surface area contributed by atoms with Crippen molar-refractivity contribution in [3.63, 3.8) is 0 Å². The Morgan fingerprint density at radius 3 is 2.68 bits per heavy atom. The van der Waals surface area contributed by atoms with Crippen LogP contribution < -0.4 is 11.1 Å². The molecule has 1 saturated carbocycles. The van der Waals surface area contributed by atoms with Crippen LogP contribution in [0.15, 0.2) is 18.2 Å². The molecule has 3 unspecified atom stereocenters. The maximum atomic E-state index is 11.2. The molecule has 0 heterocycles. The van der Waals surface area contributed by atoms with Crippen LogP contribution in [0.25, 0.3) is 0 Å². The molecule has 0 radical (unpaired) electrons. The van der Waals surface area contributed by atoms with E-state index >= 15 is 0 Å². The van der Waals surface area contributed by atoms with Crippen molar-refractivity contribution in [3.05, 3.63) is 23.8 Å². The maximum Gasteiger partial charge on any atom is 0.337 e. The number of nitrogens with two attached hydrogens (primary N) is 1. The fourth-order valence-corrected chi connectivity index (χ4v) is 2.79. The molecule has 4 heteroatoms. The number of carboxylic acids is 1. The van der Waals surface area contributed by atoms with Crippen molar-refractivity contribution in [3.8, 4) is 0 Å². The second-order valence-electron chi connectivity index (χ2n) is 5.68. The summed E-state index contributed by atoms with van der Waals surface area (Å²) >= 11 is 0. The van der Waals surface area contributed by atoms with E-state index in [1.807, 2.05) is 0 Å². The Balaban J connectivity index is 2.17. The van der Waals surface area contributed by atoms with Gasteiger partial charge in [-0.1, -0.05) is 19.9 Å². The molecule has 2 rings (SSSR count). The number of carbonyl (C=O) groups is 1. The Morgan fingerprint density at radius 1 is 1.32 bits per heavy atom. The zero-order valence-electron chi connectivity index (χ0n) is 11.5. The summed E-state index contributed by atoms with van der Waals surface area (Å²) < 4.78 is 0. The molecule has 0 aromatic heterocycles. The summed E-state index contributed by atoms with van der Waals surface area (Å²) in [6.45, 7) is 4.53. The number of anilines is 2. The summed E-state index contributed by atoms with van der Waals surface area (Å²) in [5, 5.41) is 12.6. The Morgan fingerprint density at radius 2 is 2.05 bits per heavy atom. The van der Waals surface area contributed by atoms with E-state index in [0.717, 1.165) is 18.8 Å². The van der Waals surface area contributed by atoms with E-state index < -0.39 is 5.97 Å². The molecule has 104 valence electrons. The lowest BCUT2D eigenvalue weighted by Gasteiger charge is -2.33. The van der Waals surface area contributed by atoms with Crippen molar-refractivity contribution in [1.29, 1.82) is 0 Å². The first-order chi connectivity index (χ1) is 8.99. The van der Waals surface area contributed by atoms with E-state index in [4.69, 9.17) is 5.73 Å². The molecule has 0 amide bonds. The lowest BCUT2D eigenvalue weighted by molar-refractivity contribution is 0.0698. The molecule has 3 atom stereocenters. The molecule has 1 aliphatic rings. The van der Waals surface area contributed by atoms with E-state index in [0.29, 0.717) is 23.3 Å². The van der Waals surface area contributed by atoms with Gasteiger partial charge in [0.2, 0.25) is 0 Å². The molecule has 4 nitrogen and oxygen atoms in total. The molecule has 19 heavy (non-hydrogen) atoms. The third-order valence-electron chi connectivity index (χ3n) is 4.27. The van der Waals surface area contributed by atoms with Crippen LogP contribution in [-0.4, -0.2) is 17.1 Å². The fourth-order valence-electron chi connectivity index (χ4n) is 2.79. The van der Waals surface area contributed by atoms with Gasteiger partial charge in [0.25, 0.3) is 0 Å². The molecular weight excluding hydrogens is 240 g/mol. The number of carboxylic acid groups (broad SMARTS) is 1. The highest BCUT2D eigenvalue weighted by atomic mass is 16.4. The topological polar surface area (TPSA) is 75.3 Å². The molecule has 1 fully saturated rings. The third-order valence-corrected chi connectivity index (χ3v) is 4.27. The van der Waals surface area contributed by atoms with E-state index in [2.05, 4.69) is 19.2 Å². The van der Waals surface area contributed by atoms with E-state index in [-0.39, 0.29) is 5.56 Å². The van der Waals surface area contributed by atoms with Gasteiger partial charge in [0.05, 0.1) is 16.9 Å². The predicted octanol–water partition coefficient (Wildman–Crippen LogP) is 3.20. The largest absolute Gasteiger partial charge is 0.478 e. The lowest BCUT2D eigenvalue weighted by Crippen LogP contribution is -2.31. The van der Waals surface area contributed by atoms with E-state index in [1.165, 1.54) is 6.42 Å². The minimum Gasteiger partial charge on any atom is -0.478 e.